The van der Waals surface area contributed by atoms with E-state index in [2.05, 4.69) is 15.0 Å². The van der Waals surface area contributed by atoms with E-state index in [1.165, 1.54) is 10.9 Å². The number of aliphatic hydroxyl groups excluding tert-OH is 3. The maximum Gasteiger partial charge on any atom is 0.223 e. The normalized spacial score (nSPS) is 30.2. The summed E-state index contributed by atoms with van der Waals surface area (Å²) in [5, 5.41) is 28.9. The number of hydrogen-bond donors (Lipinski definition) is 4. The first-order valence-corrected chi connectivity index (χ1v) is 6.18. The van der Waals surface area contributed by atoms with Gasteiger partial charge in [0.15, 0.2) is 17.0 Å². The molecule has 3 heterocycles. The summed E-state index contributed by atoms with van der Waals surface area (Å²) in [6.07, 6.45) is -2.93. The number of nitrogens with two attached hydrogens (primary N) is 1. The highest BCUT2D eigenvalue weighted by Crippen LogP contribution is 2.32. The van der Waals surface area contributed by atoms with Gasteiger partial charge in [-0.05, 0) is 0 Å². The van der Waals surface area contributed by atoms with E-state index in [0.29, 0.717) is 5.52 Å². The van der Waals surface area contributed by atoms with Crippen molar-refractivity contribution in [1.29, 1.82) is 0 Å². The van der Waals surface area contributed by atoms with Crippen molar-refractivity contribution < 1.29 is 20.1 Å². The predicted octanol–water partition coefficient (Wildman–Crippen LogP) is -1.33. The van der Waals surface area contributed by atoms with Crippen molar-refractivity contribution in [2.24, 2.45) is 0 Å². The van der Waals surface area contributed by atoms with Gasteiger partial charge in [0.05, 0.1) is 12.9 Å². The Bertz CT molecular complexity index is 650. The summed E-state index contributed by atoms with van der Waals surface area (Å²) in [5.41, 5.74) is 6.11. The second-order valence-electron chi connectivity index (χ2n) is 4.43. The number of fused-ring (bicyclic) bond motifs is 1. The van der Waals surface area contributed by atoms with Gasteiger partial charge in [-0.3, -0.25) is 4.57 Å². The molecule has 1 aliphatic rings. The van der Waals surface area contributed by atoms with E-state index in [0.717, 1.165) is 0 Å². The minimum absolute atomic E-state index is 0.0454. The van der Waals surface area contributed by atoms with Crippen LogP contribution < -0.4 is 5.73 Å². The fourth-order valence-corrected chi connectivity index (χ4v) is 2.41. The van der Waals surface area contributed by atoms with Crippen molar-refractivity contribution >= 4 is 28.7 Å². The van der Waals surface area contributed by atoms with Gasteiger partial charge in [0.1, 0.15) is 23.8 Å². The minimum atomic E-state index is -1.24. The summed E-state index contributed by atoms with van der Waals surface area (Å²) in [6.45, 7) is -0.417. The van der Waals surface area contributed by atoms with Crippen LogP contribution in [0, 0.1) is 0 Å². The molecule has 4 atom stereocenters. The van der Waals surface area contributed by atoms with Crippen LogP contribution in [0.15, 0.2) is 6.33 Å². The molecule has 0 saturated carbocycles. The summed E-state index contributed by atoms with van der Waals surface area (Å²) < 4.78 is 6.79. The molecule has 0 amide bonds. The number of anilines is 1. The van der Waals surface area contributed by atoms with Crippen molar-refractivity contribution in [3.8, 4) is 0 Å². The largest absolute Gasteiger partial charge is 0.394 e. The molecule has 2 aromatic heterocycles. The van der Waals surface area contributed by atoms with E-state index in [-0.39, 0.29) is 16.7 Å². The molecule has 0 bridgehead atoms. The van der Waals surface area contributed by atoms with E-state index in [4.69, 9.17) is 27.2 Å². The Kier molecular flexibility index (Phi) is 3.22. The molecule has 2 unspecified atom stereocenters. The Hall–Kier alpha value is -1.52. The third-order valence-corrected chi connectivity index (χ3v) is 3.45. The van der Waals surface area contributed by atoms with Crippen LogP contribution in [-0.4, -0.2) is 59.8 Å². The van der Waals surface area contributed by atoms with E-state index >= 15 is 0 Å². The molecule has 1 saturated heterocycles. The molecule has 5 N–H and O–H groups in total. The van der Waals surface area contributed by atoms with Gasteiger partial charge in [-0.25, -0.2) is 4.98 Å². The van der Waals surface area contributed by atoms with Crippen LogP contribution in [-0.2, 0) is 4.74 Å². The fraction of sp³-hybridized carbons (Fsp3) is 0.500. The molecule has 0 aromatic carbocycles. The SMILES string of the molecule is Nc1nc(Cl)c2ncn([C@@H]3OC(CO)C(O)[C@@H]3O)c2n1. The topological polar surface area (TPSA) is 140 Å². The van der Waals surface area contributed by atoms with Gasteiger partial charge < -0.3 is 25.8 Å². The monoisotopic (exact) mass is 301 g/mol. The average molecular weight is 302 g/mol. The number of hydrogen-bond acceptors (Lipinski definition) is 8. The van der Waals surface area contributed by atoms with Crippen molar-refractivity contribution in [2.75, 3.05) is 12.3 Å². The quantitative estimate of drug-likeness (QED) is 0.500. The van der Waals surface area contributed by atoms with Crippen molar-refractivity contribution in [1.82, 2.24) is 19.5 Å². The molecule has 0 radical (unpaired) electrons. The lowest BCUT2D eigenvalue weighted by Gasteiger charge is -2.16. The minimum Gasteiger partial charge on any atom is -0.394 e. The van der Waals surface area contributed by atoms with Gasteiger partial charge in [0, 0.05) is 0 Å². The van der Waals surface area contributed by atoms with E-state index in [1.54, 1.807) is 0 Å². The first-order valence-electron chi connectivity index (χ1n) is 5.81. The summed E-state index contributed by atoms with van der Waals surface area (Å²) in [7, 11) is 0. The smallest absolute Gasteiger partial charge is 0.223 e. The number of halogens is 1. The first-order chi connectivity index (χ1) is 9.52. The lowest BCUT2D eigenvalue weighted by molar-refractivity contribution is -0.0511. The van der Waals surface area contributed by atoms with Gasteiger partial charge >= 0.3 is 0 Å². The standard InChI is InChI=1S/C10H12ClN5O4/c11-7-4-8(15-10(12)14-7)16(2-13-4)9-6(19)5(18)3(1-17)20-9/h2-3,5-6,9,17-19H,1H2,(H2,12,14,15)/t3?,5?,6-,9+/m0/s1. The Morgan fingerprint density at radius 2 is 2.10 bits per heavy atom. The molecule has 0 aliphatic carbocycles. The fourth-order valence-electron chi connectivity index (χ4n) is 2.19. The maximum atomic E-state index is 9.99. The van der Waals surface area contributed by atoms with Crippen LogP contribution in [0.5, 0.6) is 0 Å². The van der Waals surface area contributed by atoms with Gasteiger partial charge in [-0.1, -0.05) is 11.6 Å². The van der Waals surface area contributed by atoms with Crippen LogP contribution in [0.1, 0.15) is 6.23 Å². The number of nitrogen functional groups attached to an aromatic ring is 1. The molecule has 1 aliphatic heterocycles. The van der Waals surface area contributed by atoms with Gasteiger partial charge in [-0.2, -0.15) is 9.97 Å². The molecule has 0 spiro atoms. The molecule has 2 aromatic rings. The number of aliphatic hydroxyl groups is 3. The lowest BCUT2D eigenvalue weighted by Crippen LogP contribution is -2.33. The predicted molar refractivity (Wildman–Crippen MR) is 67.8 cm³/mol. The zero-order chi connectivity index (χ0) is 14.4. The van der Waals surface area contributed by atoms with Gasteiger partial charge in [0.25, 0.3) is 0 Å². The van der Waals surface area contributed by atoms with Crippen LogP contribution in [0.4, 0.5) is 5.95 Å². The van der Waals surface area contributed by atoms with Crippen molar-refractivity contribution in [3.05, 3.63) is 11.5 Å². The second-order valence-corrected chi connectivity index (χ2v) is 4.78. The number of rotatable bonds is 2. The van der Waals surface area contributed by atoms with E-state index in [9.17, 15) is 10.2 Å². The molecular weight excluding hydrogens is 290 g/mol. The Morgan fingerprint density at radius 1 is 1.35 bits per heavy atom. The number of nitrogens with zero attached hydrogens (tertiary/aromatic N) is 4. The van der Waals surface area contributed by atoms with Crippen LogP contribution in [0.25, 0.3) is 11.2 Å². The summed E-state index contributed by atoms with van der Waals surface area (Å²) in [6, 6.07) is 0. The number of aromatic nitrogens is 4. The summed E-state index contributed by atoms with van der Waals surface area (Å²) in [5.74, 6) is -0.0454. The highest BCUT2D eigenvalue weighted by Gasteiger charge is 2.44. The third kappa shape index (κ3) is 1.91. The first kappa shape index (κ1) is 13.5. The highest BCUT2D eigenvalue weighted by atomic mass is 35.5. The highest BCUT2D eigenvalue weighted by molar-refractivity contribution is 6.33. The van der Waals surface area contributed by atoms with Crippen molar-refractivity contribution in [3.63, 3.8) is 0 Å². The molecule has 10 heteroatoms. The number of ether oxygens (including phenoxy) is 1. The third-order valence-electron chi connectivity index (χ3n) is 3.19. The zero-order valence-electron chi connectivity index (χ0n) is 10.1. The molecule has 3 rings (SSSR count). The zero-order valence-corrected chi connectivity index (χ0v) is 10.8. The maximum absolute atomic E-state index is 9.99. The second kappa shape index (κ2) is 4.79. The van der Waals surface area contributed by atoms with Crippen LogP contribution in [0.3, 0.4) is 0 Å². The Labute approximate surface area is 117 Å². The van der Waals surface area contributed by atoms with E-state index < -0.39 is 31.1 Å². The Balaban J connectivity index is 2.07. The van der Waals surface area contributed by atoms with Crippen LogP contribution >= 0.6 is 11.6 Å². The van der Waals surface area contributed by atoms with Crippen LogP contribution in [0.2, 0.25) is 5.15 Å². The average Bonchev–Trinajstić information content (AvgIpc) is 2.93. The summed E-state index contributed by atoms with van der Waals surface area (Å²) in [4.78, 5) is 11.8. The molecule has 20 heavy (non-hydrogen) atoms. The molecular formula is C10H12ClN5O4. The molecule has 9 nitrogen and oxygen atoms in total. The van der Waals surface area contributed by atoms with Crippen molar-refractivity contribution in [2.45, 2.75) is 24.5 Å². The molecule has 1 fully saturated rings. The summed E-state index contributed by atoms with van der Waals surface area (Å²) >= 11 is 5.90. The van der Waals surface area contributed by atoms with Gasteiger partial charge in [-0.15, -0.1) is 0 Å². The number of imidazole rings is 1. The Morgan fingerprint density at radius 3 is 2.75 bits per heavy atom. The van der Waals surface area contributed by atoms with E-state index in [1.807, 2.05) is 0 Å². The lowest BCUT2D eigenvalue weighted by atomic mass is 10.1. The van der Waals surface area contributed by atoms with Gasteiger partial charge in [0.2, 0.25) is 5.95 Å². The molecule has 108 valence electrons.